The van der Waals surface area contributed by atoms with Crippen molar-refractivity contribution in [1.82, 2.24) is 9.88 Å². The van der Waals surface area contributed by atoms with Crippen LogP contribution in [-0.4, -0.2) is 39.2 Å². The lowest BCUT2D eigenvalue weighted by Gasteiger charge is -2.50. The maximum atomic E-state index is 7.49. The lowest BCUT2D eigenvalue weighted by atomic mass is 9.73. The normalized spacial score (nSPS) is 42.8. The summed E-state index contributed by atoms with van der Waals surface area (Å²) in [6.07, 6.45) is 26.1. The molecule has 4 aliphatic heterocycles. The molecule has 0 amide bonds. The first-order valence-corrected chi connectivity index (χ1v) is 15.4. The first-order valence-electron chi connectivity index (χ1n) is 15.4. The Morgan fingerprint density at radius 3 is 2.62 bits per heavy atom. The molecule has 0 radical (unpaired) electrons. The Balaban J connectivity index is 1.07. The van der Waals surface area contributed by atoms with E-state index >= 15 is 0 Å². The summed E-state index contributed by atoms with van der Waals surface area (Å²) in [6, 6.07) is 11.7. The van der Waals surface area contributed by atoms with E-state index in [1.807, 2.05) is 12.4 Å². The quantitative estimate of drug-likeness (QED) is 0.425. The van der Waals surface area contributed by atoms with Gasteiger partial charge in [-0.05, 0) is 130 Å². The number of hydrogen-bond acceptors (Lipinski definition) is 3. The Morgan fingerprint density at radius 1 is 0.892 bits per heavy atom. The highest BCUT2D eigenvalue weighted by Crippen LogP contribution is 2.60. The van der Waals surface area contributed by atoms with Crippen LogP contribution in [0.4, 0.5) is 0 Å². The average molecular weight is 495 g/mol. The molecule has 4 bridgehead atoms. The summed E-state index contributed by atoms with van der Waals surface area (Å²) in [5.74, 6) is 1.17. The van der Waals surface area contributed by atoms with Crippen molar-refractivity contribution in [2.24, 2.45) is 5.92 Å². The number of allylic oxidation sites excluding steroid dienone is 1. The highest BCUT2D eigenvalue weighted by molar-refractivity contribution is 5.82. The van der Waals surface area contributed by atoms with Gasteiger partial charge in [-0.25, -0.2) is 0 Å². The Bertz CT molecular complexity index is 1260. The Labute approximate surface area is 222 Å². The zero-order chi connectivity index (χ0) is 24.6. The van der Waals surface area contributed by atoms with Crippen molar-refractivity contribution in [3.63, 3.8) is 0 Å². The van der Waals surface area contributed by atoms with Crippen LogP contribution in [0.5, 0.6) is 0 Å². The minimum absolute atomic E-state index is 0.0232. The number of aromatic nitrogens is 1. The number of pyridine rings is 1. The first-order chi connectivity index (χ1) is 18.1. The summed E-state index contributed by atoms with van der Waals surface area (Å²) in [5, 5.41) is 2.57. The molecule has 8 rings (SSSR count). The minimum atomic E-state index is -0.0580. The number of fused-ring (bicyclic) bond motifs is 3. The summed E-state index contributed by atoms with van der Waals surface area (Å²) in [7, 11) is 0. The fraction of sp³-hybridized carbons (Fsp3) is 0.618. The van der Waals surface area contributed by atoms with E-state index in [4.69, 9.17) is 4.74 Å². The van der Waals surface area contributed by atoms with Crippen molar-refractivity contribution in [2.45, 2.75) is 126 Å². The van der Waals surface area contributed by atoms with E-state index in [9.17, 15) is 0 Å². The van der Waals surface area contributed by atoms with Gasteiger partial charge in [-0.3, -0.25) is 9.88 Å². The molecular formula is C34H42N2O. The molecule has 1 aromatic heterocycles. The lowest BCUT2D eigenvalue weighted by Crippen LogP contribution is -2.52. The standard InChI is InChI=1S/C34H42N2O/c1-23-5-6-24(26-8-7-25-15-18-35-22-27(25)19-26)3-2-4-29-20-28-9-10-32(36-30-11-12-31(36)14-13-30)21-33(28)16-17-34(23,29)37-33/h4,7-8,15,18-20,22-24,30-32H,2-3,5-6,9-14,16-17,21H2,1H3/b29-4-/t23-,24?,30?,31?,32+,33+,34-/m0/s1. The molecule has 4 fully saturated rings. The first kappa shape index (κ1) is 23.0. The molecule has 1 saturated carbocycles. The van der Waals surface area contributed by atoms with Crippen molar-refractivity contribution in [2.75, 3.05) is 0 Å². The SMILES string of the molecule is C[C@H]1CCC(c2ccc3ccncc3c2)CC/C=C2/C=C3CC[C@@H](N4C5CCC4CC5)C[C@]34CC[C@@]21O4. The fourth-order valence-electron chi connectivity index (χ4n) is 9.71. The van der Waals surface area contributed by atoms with Crippen molar-refractivity contribution in [3.8, 4) is 0 Å². The summed E-state index contributed by atoms with van der Waals surface area (Å²) >= 11 is 0. The number of hydrogen-bond donors (Lipinski definition) is 0. The van der Waals surface area contributed by atoms with Crippen molar-refractivity contribution >= 4 is 10.8 Å². The topological polar surface area (TPSA) is 25.4 Å². The second-order valence-electron chi connectivity index (χ2n) is 13.4. The number of benzene rings is 1. The van der Waals surface area contributed by atoms with Gasteiger partial charge < -0.3 is 4.74 Å². The molecular weight excluding hydrogens is 452 g/mol. The Kier molecular flexibility index (Phi) is 5.28. The highest BCUT2D eigenvalue weighted by atomic mass is 16.5. The van der Waals surface area contributed by atoms with Gasteiger partial charge in [0.05, 0.1) is 11.2 Å². The van der Waals surface area contributed by atoms with Gasteiger partial charge in [-0.15, -0.1) is 0 Å². The van der Waals surface area contributed by atoms with Crippen molar-refractivity contribution in [3.05, 3.63) is 65.5 Å². The molecule has 3 nitrogen and oxygen atoms in total. The summed E-state index contributed by atoms with van der Waals surface area (Å²) in [4.78, 5) is 7.35. The van der Waals surface area contributed by atoms with Crippen molar-refractivity contribution in [1.29, 1.82) is 0 Å². The second-order valence-corrected chi connectivity index (χ2v) is 13.4. The predicted octanol–water partition coefficient (Wildman–Crippen LogP) is 7.86. The molecule has 37 heavy (non-hydrogen) atoms. The maximum Gasteiger partial charge on any atom is 0.0966 e. The minimum Gasteiger partial charge on any atom is -0.359 e. The van der Waals surface area contributed by atoms with Crippen LogP contribution in [0.15, 0.2) is 60.0 Å². The third-order valence-electron chi connectivity index (χ3n) is 11.7. The Hall–Kier alpha value is -1.97. The second kappa shape index (κ2) is 8.52. The van der Waals surface area contributed by atoms with Gasteiger partial charge in [-0.1, -0.05) is 31.2 Å². The van der Waals surface area contributed by atoms with Gasteiger partial charge in [0.25, 0.3) is 0 Å². The molecule has 2 aliphatic carbocycles. The van der Waals surface area contributed by atoms with Crippen LogP contribution in [-0.2, 0) is 4.74 Å². The molecule has 1 aromatic carbocycles. The molecule has 1 unspecified atom stereocenters. The van der Waals surface area contributed by atoms with E-state index in [0.717, 1.165) is 24.5 Å². The number of ether oxygens (including phenoxy) is 1. The van der Waals surface area contributed by atoms with E-state index in [1.165, 1.54) is 99.0 Å². The zero-order valence-corrected chi connectivity index (χ0v) is 22.5. The smallest absolute Gasteiger partial charge is 0.0966 e. The molecule has 5 heterocycles. The highest BCUT2D eigenvalue weighted by Gasteiger charge is 2.60. The lowest BCUT2D eigenvalue weighted by molar-refractivity contribution is -0.118. The van der Waals surface area contributed by atoms with E-state index in [1.54, 1.807) is 5.57 Å². The maximum absolute atomic E-state index is 7.49. The van der Waals surface area contributed by atoms with Gasteiger partial charge in [-0.2, -0.15) is 0 Å². The molecule has 5 atom stereocenters. The van der Waals surface area contributed by atoms with Crippen LogP contribution >= 0.6 is 0 Å². The predicted molar refractivity (Wildman–Crippen MR) is 150 cm³/mol. The fourth-order valence-corrected chi connectivity index (χ4v) is 9.71. The summed E-state index contributed by atoms with van der Waals surface area (Å²) in [6.45, 7) is 2.50. The summed E-state index contributed by atoms with van der Waals surface area (Å²) < 4.78 is 7.49. The van der Waals surface area contributed by atoms with Crippen LogP contribution in [0, 0.1) is 5.92 Å². The third-order valence-corrected chi connectivity index (χ3v) is 11.7. The molecule has 6 aliphatic rings. The average Bonchev–Trinajstić information content (AvgIpc) is 3.63. The molecule has 3 heteroatoms. The van der Waals surface area contributed by atoms with E-state index in [2.05, 4.69) is 53.2 Å². The summed E-state index contributed by atoms with van der Waals surface area (Å²) in [5.41, 5.74) is 4.63. The molecule has 194 valence electrons. The van der Waals surface area contributed by atoms with Gasteiger partial charge in [0.1, 0.15) is 0 Å². The van der Waals surface area contributed by atoms with Gasteiger partial charge in [0.15, 0.2) is 0 Å². The zero-order valence-electron chi connectivity index (χ0n) is 22.5. The van der Waals surface area contributed by atoms with Crippen molar-refractivity contribution < 1.29 is 4.74 Å². The van der Waals surface area contributed by atoms with Crippen LogP contribution in [0.1, 0.15) is 102 Å². The monoisotopic (exact) mass is 494 g/mol. The largest absolute Gasteiger partial charge is 0.359 e. The van der Waals surface area contributed by atoms with Gasteiger partial charge in [0.2, 0.25) is 0 Å². The van der Waals surface area contributed by atoms with Gasteiger partial charge >= 0.3 is 0 Å². The molecule has 2 aromatic rings. The van der Waals surface area contributed by atoms with Crippen LogP contribution in [0.25, 0.3) is 10.8 Å². The van der Waals surface area contributed by atoms with Crippen LogP contribution < -0.4 is 0 Å². The van der Waals surface area contributed by atoms with Crippen LogP contribution in [0.2, 0.25) is 0 Å². The van der Waals surface area contributed by atoms with E-state index in [-0.39, 0.29) is 11.2 Å². The Morgan fingerprint density at radius 2 is 1.76 bits per heavy atom. The van der Waals surface area contributed by atoms with Gasteiger partial charge in [0, 0.05) is 35.9 Å². The molecule has 0 N–H and O–H groups in total. The number of nitrogens with zero attached hydrogens (tertiary/aromatic N) is 2. The van der Waals surface area contributed by atoms with E-state index in [0.29, 0.717) is 11.8 Å². The molecule has 3 saturated heterocycles. The number of rotatable bonds is 2. The van der Waals surface area contributed by atoms with E-state index < -0.39 is 0 Å². The third kappa shape index (κ3) is 3.49. The van der Waals surface area contributed by atoms with Crippen LogP contribution in [0.3, 0.4) is 0 Å². The molecule has 2 spiro atoms.